The fraction of sp³-hybridized carbons (Fsp3) is 0.273. The van der Waals surface area contributed by atoms with E-state index in [2.05, 4.69) is 10.1 Å². The molecule has 0 saturated carbocycles. The van der Waals surface area contributed by atoms with Crippen molar-refractivity contribution < 1.29 is 4.39 Å². The van der Waals surface area contributed by atoms with Gasteiger partial charge in [0.05, 0.1) is 0 Å². The first-order valence-corrected chi connectivity index (χ1v) is 6.02. The number of aromatic nitrogens is 3. The molecular formula is C11H13FN4S. The third kappa shape index (κ3) is 2.83. The van der Waals surface area contributed by atoms with Gasteiger partial charge in [-0.05, 0) is 48.5 Å². The zero-order valence-corrected chi connectivity index (χ0v) is 10.2. The van der Waals surface area contributed by atoms with Crippen LogP contribution in [0.2, 0.25) is 0 Å². The molecular weight excluding hydrogens is 239 g/mol. The van der Waals surface area contributed by atoms with Crippen LogP contribution in [-0.4, -0.2) is 21.3 Å². The van der Waals surface area contributed by atoms with Crippen molar-refractivity contribution in [3.05, 3.63) is 35.9 Å². The normalized spacial score (nSPS) is 10.8. The van der Waals surface area contributed by atoms with E-state index >= 15 is 0 Å². The first-order valence-electron chi connectivity index (χ1n) is 5.21. The van der Waals surface area contributed by atoms with Crippen LogP contribution in [-0.2, 0) is 13.5 Å². The van der Waals surface area contributed by atoms with Gasteiger partial charge in [0.2, 0.25) is 0 Å². The van der Waals surface area contributed by atoms with E-state index < -0.39 is 0 Å². The molecule has 2 N–H and O–H groups in total. The summed E-state index contributed by atoms with van der Waals surface area (Å²) in [6, 6.07) is 4.71. The maximum absolute atomic E-state index is 13.1. The van der Waals surface area contributed by atoms with Crippen molar-refractivity contribution in [2.24, 2.45) is 12.8 Å². The molecule has 0 radical (unpaired) electrons. The molecule has 0 amide bonds. The maximum atomic E-state index is 13.1. The van der Waals surface area contributed by atoms with Crippen LogP contribution in [0.3, 0.4) is 0 Å². The predicted octanol–water partition coefficient (Wildman–Crippen LogP) is 1.61. The van der Waals surface area contributed by atoms with Gasteiger partial charge in [0.25, 0.3) is 0 Å². The number of benzene rings is 1. The van der Waals surface area contributed by atoms with Gasteiger partial charge in [0, 0.05) is 11.9 Å². The van der Waals surface area contributed by atoms with Crippen LogP contribution in [0.5, 0.6) is 0 Å². The summed E-state index contributed by atoms with van der Waals surface area (Å²) in [6.45, 7) is 0.496. The molecule has 0 saturated heterocycles. The third-order valence-corrected chi connectivity index (χ3v) is 3.48. The fourth-order valence-electron chi connectivity index (χ4n) is 1.47. The summed E-state index contributed by atoms with van der Waals surface area (Å²) in [5.74, 6) is -0.240. The van der Waals surface area contributed by atoms with Crippen molar-refractivity contribution in [1.29, 1.82) is 0 Å². The molecule has 0 atom stereocenters. The van der Waals surface area contributed by atoms with Crippen molar-refractivity contribution in [1.82, 2.24) is 14.8 Å². The molecule has 0 bridgehead atoms. The molecule has 1 aromatic heterocycles. The number of hydrogen-bond donors (Lipinski definition) is 1. The zero-order chi connectivity index (χ0) is 12.3. The molecule has 0 unspecified atom stereocenters. The van der Waals surface area contributed by atoms with Crippen LogP contribution in [0.15, 0.2) is 34.6 Å². The Labute approximate surface area is 103 Å². The predicted molar refractivity (Wildman–Crippen MR) is 64.3 cm³/mol. The quantitative estimate of drug-likeness (QED) is 0.898. The Morgan fingerprint density at radius 3 is 2.94 bits per heavy atom. The topological polar surface area (TPSA) is 56.7 Å². The van der Waals surface area contributed by atoms with Gasteiger partial charge in [-0.2, -0.15) is 5.10 Å². The summed E-state index contributed by atoms with van der Waals surface area (Å²) in [6.07, 6.45) is 2.15. The molecule has 6 heteroatoms. The number of aryl methyl sites for hydroxylation is 1. The lowest BCUT2D eigenvalue weighted by atomic mass is 10.1. The van der Waals surface area contributed by atoms with E-state index in [9.17, 15) is 4.39 Å². The highest BCUT2D eigenvalue weighted by Gasteiger charge is 2.08. The van der Waals surface area contributed by atoms with Crippen molar-refractivity contribution in [3.8, 4) is 0 Å². The molecule has 0 fully saturated rings. The highest BCUT2D eigenvalue weighted by atomic mass is 32.2. The Kier molecular flexibility index (Phi) is 3.75. The SMILES string of the molecule is Cn1ncnc1Sc1ccc(F)cc1CCN. The lowest BCUT2D eigenvalue weighted by Gasteiger charge is -2.07. The Bertz CT molecular complexity index is 512. The molecule has 0 spiro atoms. The molecule has 90 valence electrons. The molecule has 2 rings (SSSR count). The second kappa shape index (κ2) is 5.29. The largest absolute Gasteiger partial charge is 0.330 e. The number of halogens is 1. The van der Waals surface area contributed by atoms with E-state index in [4.69, 9.17) is 5.73 Å². The minimum Gasteiger partial charge on any atom is -0.330 e. The van der Waals surface area contributed by atoms with Crippen molar-refractivity contribution in [2.75, 3.05) is 6.54 Å². The van der Waals surface area contributed by atoms with Gasteiger partial charge in [-0.3, -0.25) is 0 Å². The highest BCUT2D eigenvalue weighted by molar-refractivity contribution is 7.99. The molecule has 17 heavy (non-hydrogen) atoms. The number of nitrogens with zero attached hydrogens (tertiary/aromatic N) is 3. The summed E-state index contributed by atoms with van der Waals surface area (Å²) >= 11 is 1.46. The standard InChI is InChI=1S/C11H13FN4S/c1-16-11(14-7-15-16)17-10-3-2-9(12)6-8(10)4-5-13/h2-3,6-7H,4-5,13H2,1H3. The lowest BCUT2D eigenvalue weighted by Crippen LogP contribution is -2.04. The zero-order valence-electron chi connectivity index (χ0n) is 9.43. The summed E-state index contributed by atoms with van der Waals surface area (Å²) < 4.78 is 14.8. The van der Waals surface area contributed by atoms with Gasteiger partial charge < -0.3 is 5.73 Å². The smallest absolute Gasteiger partial charge is 0.190 e. The van der Waals surface area contributed by atoms with Gasteiger partial charge >= 0.3 is 0 Å². The van der Waals surface area contributed by atoms with Crippen LogP contribution in [0, 0.1) is 5.82 Å². The first-order chi connectivity index (χ1) is 8.20. The van der Waals surface area contributed by atoms with E-state index in [-0.39, 0.29) is 5.82 Å². The van der Waals surface area contributed by atoms with Crippen LogP contribution in [0.1, 0.15) is 5.56 Å². The van der Waals surface area contributed by atoms with E-state index in [0.717, 1.165) is 15.6 Å². The van der Waals surface area contributed by atoms with E-state index in [1.807, 2.05) is 7.05 Å². The van der Waals surface area contributed by atoms with Gasteiger partial charge in [-0.1, -0.05) is 0 Å². The van der Waals surface area contributed by atoms with Crippen LogP contribution < -0.4 is 5.73 Å². The van der Waals surface area contributed by atoms with Crippen molar-refractivity contribution in [2.45, 2.75) is 16.5 Å². The van der Waals surface area contributed by atoms with E-state index in [1.54, 1.807) is 10.7 Å². The van der Waals surface area contributed by atoms with E-state index in [1.165, 1.54) is 30.2 Å². The van der Waals surface area contributed by atoms with Crippen LogP contribution in [0.25, 0.3) is 0 Å². The van der Waals surface area contributed by atoms with Crippen LogP contribution >= 0.6 is 11.8 Å². The molecule has 0 aliphatic rings. The molecule has 0 aliphatic carbocycles. The number of rotatable bonds is 4. The Hall–Kier alpha value is -1.40. The third-order valence-electron chi connectivity index (χ3n) is 2.31. The molecule has 0 aliphatic heterocycles. The second-order valence-corrected chi connectivity index (χ2v) is 4.57. The summed E-state index contributed by atoms with van der Waals surface area (Å²) in [5.41, 5.74) is 6.42. The second-order valence-electron chi connectivity index (χ2n) is 3.56. The monoisotopic (exact) mass is 252 g/mol. The van der Waals surface area contributed by atoms with Gasteiger partial charge in [0.1, 0.15) is 12.1 Å². The summed E-state index contributed by atoms with van der Waals surface area (Å²) in [4.78, 5) is 5.09. The van der Waals surface area contributed by atoms with Crippen LogP contribution in [0.4, 0.5) is 4.39 Å². The summed E-state index contributed by atoms with van der Waals surface area (Å²) in [5, 5.41) is 4.76. The average Bonchev–Trinajstić information content (AvgIpc) is 2.69. The maximum Gasteiger partial charge on any atom is 0.190 e. The minimum atomic E-state index is -0.240. The molecule has 1 aromatic carbocycles. The minimum absolute atomic E-state index is 0.240. The number of nitrogens with two attached hydrogens (primary N) is 1. The average molecular weight is 252 g/mol. The van der Waals surface area contributed by atoms with Crippen molar-refractivity contribution in [3.63, 3.8) is 0 Å². The van der Waals surface area contributed by atoms with E-state index in [0.29, 0.717) is 13.0 Å². The van der Waals surface area contributed by atoms with Gasteiger partial charge in [-0.25, -0.2) is 14.1 Å². The lowest BCUT2D eigenvalue weighted by molar-refractivity contribution is 0.623. The highest BCUT2D eigenvalue weighted by Crippen LogP contribution is 2.29. The first kappa shape index (κ1) is 12.1. The van der Waals surface area contributed by atoms with Gasteiger partial charge in [0.15, 0.2) is 5.16 Å². The molecule has 1 heterocycles. The fourth-order valence-corrected chi connectivity index (χ4v) is 2.38. The molecule has 2 aromatic rings. The Morgan fingerprint density at radius 2 is 2.29 bits per heavy atom. The Morgan fingerprint density at radius 1 is 1.47 bits per heavy atom. The molecule has 4 nitrogen and oxygen atoms in total. The number of hydrogen-bond acceptors (Lipinski definition) is 4. The van der Waals surface area contributed by atoms with Gasteiger partial charge in [-0.15, -0.1) is 0 Å². The van der Waals surface area contributed by atoms with Crippen molar-refractivity contribution >= 4 is 11.8 Å². The Balaban J connectivity index is 2.29. The summed E-state index contributed by atoms with van der Waals surface area (Å²) in [7, 11) is 1.82.